The first-order valence-corrected chi connectivity index (χ1v) is 11.1. The Kier molecular flexibility index (Phi) is 7.49. The van der Waals surface area contributed by atoms with Crippen molar-refractivity contribution in [3.05, 3.63) is 75.6 Å². The van der Waals surface area contributed by atoms with Crippen molar-refractivity contribution in [2.45, 2.75) is 6.04 Å². The van der Waals surface area contributed by atoms with Crippen molar-refractivity contribution in [1.82, 2.24) is 24.8 Å². The average Bonchev–Trinajstić information content (AvgIpc) is 3.18. The van der Waals surface area contributed by atoms with Gasteiger partial charge in [-0.15, -0.1) is 0 Å². The second-order valence-corrected chi connectivity index (χ2v) is 8.04. The number of nitrogens with zero attached hydrogens (tertiary/aromatic N) is 4. The highest BCUT2D eigenvalue weighted by atomic mass is 35.5. The van der Waals surface area contributed by atoms with Gasteiger partial charge in [-0.1, -0.05) is 30.3 Å². The fourth-order valence-electron chi connectivity index (χ4n) is 3.96. The van der Waals surface area contributed by atoms with Gasteiger partial charge >= 0.3 is 0 Å². The van der Waals surface area contributed by atoms with Crippen molar-refractivity contribution in [2.75, 3.05) is 39.5 Å². The van der Waals surface area contributed by atoms with E-state index in [9.17, 15) is 9.18 Å². The summed E-state index contributed by atoms with van der Waals surface area (Å²) in [6.07, 6.45) is 6.13. The van der Waals surface area contributed by atoms with Crippen molar-refractivity contribution in [2.24, 2.45) is 0 Å². The van der Waals surface area contributed by atoms with E-state index in [1.54, 1.807) is 29.2 Å². The van der Waals surface area contributed by atoms with E-state index in [-0.39, 0.29) is 11.9 Å². The Bertz CT molecular complexity index is 1190. The molecule has 1 aliphatic heterocycles. The third-order valence-corrected chi connectivity index (χ3v) is 5.89. The molecule has 9 heteroatoms. The zero-order chi connectivity index (χ0) is 23.2. The predicted octanol–water partition coefficient (Wildman–Crippen LogP) is 1.88. The van der Waals surface area contributed by atoms with Gasteiger partial charge in [-0.25, -0.2) is 14.4 Å². The Balaban J connectivity index is 1.60. The van der Waals surface area contributed by atoms with Gasteiger partial charge in [0.2, 0.25) is 5.95 Å². The number of alkyl halides is 1. The molecule has 0 aliphatic carbocycles. The third kappa shape index (κ3) is 5.30. The van der Waals surface area contributed by atoms with E-state index in [4.69, 9.17) is 16.3 Å². The van der Waals surface area contributed by atoms with E-state index in [1.165, 1.54) is 6.08 Å². The van der Waals surface area contributed by atoms with Crippen molar-refractivity contribution in [3.8, 4) is 5.95 Å². The van der Waals surface area contributed by atoms with E-state index in [2.05, 4.69) is 26.8 Å². The molecule has 1 N–H and O–H groups in total. The van der Waals surface area contributed by atoms with Gasteiger partial charge in [-0.2, -0.15) is 0 Å². The lowest BCUT2D eigenvalue weighted by Gasteiger charge is -2.35. The number of benzene rings is 1. The van der Waals surface area contributed by atoms with Gasteiger partial charge in [-0.05, 0) is 29.8 Å². The Morgan fingerprint density at radius 2 is 1.94 bits per heavy atom. The van der Waals surface area contributed by atoms with Crippen LogP contribution in [0.1, 0.15) is 22.0 Å². The summed E-state index contributed by atoms with van der Waals surface area (Å²) in [5, 5.41) is 4.55. The molecule has 4 rings (SSSR count). The number of carbonyl (C=O) groups excluding carboxylic acids is 1. The maximum atomic E-state index is 13.2. The normalized spacial score (nSPS) is 16.0. The van der Waals surface area contributed by atoms with Gasteiger partial charge in [-0.3, -0.25) is 14.3 Å². The zero-order valence-electron chi connectivity index (χ0n) is 18.1. The number of morpholine rings is 1. The Hall–Kier alpha value is -3.07. The fourth-order valence-corrected chi connectivity index (χ4v) is 4.08. The third-order valence-electron chi connectivity index (χ3n) is 5.64. The Labute approximate surface area is 196 Å². The molecule has 1 unspecified atom stereocenters. The Morgan fingerprint density at radius 1 is 1.24 bits per heavy atom. The topological polar surface area (TPSA) is 72.3 Å². The SMILES string of the molecule is C=c1c(=CCF)c(C(=O)NCC(c2ccc(Cl)cc2)N2CCOCC2)cn1-c1ncccn1. The molecular weight excluding hydrogens is 445 g/mol. The lowest BCUT2D eigenvalue weighted by Crippen LogP contribution is -2.44. The van der Waals surface area contributed by atoms with Crippen LogP contribution in [0, 0.1) is 0 Å². The number of aromatic nitrogens is 3. The number of nitrogens with one attached hydrogen (secondary N) is 1. The highest BCUT2D eigenvalue weighted by molar-refractivity contribution is 6.30. The predicted molar refractivity (Wildman–Crippen MR) is 125 cm³/mol. The largest absolute Gasteiger partial charge is 0.379 e. The standard InChI is InChI=1S/C24H25ClFN5O2/c1-17-20(7-8-26)21(16-31(17)24-27-9-2-10-28-24)23(32)29-15-22(30-11-13-33-14-12-30)18-3-5-19(25)6-4-18/h2-7,9-10,16,22H,1,8,11-15H2,(H,29,32). The maximum absolute atomic E-state index is 13.2. The van der Waals surface area contributed by atoms with Crippen molar-refractivity contribution < 1.29 is 13.9 Å². The monoisotopic (exact) mass is 469 g/mol. The summed E-state index contributed by atoms with van der Waals surface area (Å²) in [4.78, 5) is 23.9. The molecule has 33 heavy (non-hydrogen) atoms. The van der Waals surface area contributed by atoms with Gasteiger partial charge in [0.25, 0.3) is 5.91 Å². The molecule has 1 aromatic carbocycles. The molecule has 1 aliphatic rings. The van der Waals surface area contributed by atoms with Crippen LogP contribution in [0.15, 0.2) is 48.9 Å². The maximum Gasteiger partial charge on any atom is 0.253 e. The van der Waals surface area contributed by atoms with Crippen LogP contribution >= 0.6 is 11.6 Å². The van der Waals surface area contributed by atoms with Crippen LogP contribution in [0.25, 0.3) is 18.6 Å². The molecule has 1 atom stereocenters. The number of hydrogen-bond donors (Lipinski definition) is 1. The molecule has 2 aromatic heterocycles. The van der Waals surface area contributed by atoms with Crippen LogP contribution < -0.4 is 15.9 Å². The molecule has 0 bridgehead atoms. The van der Waals surface area contributed by atoms with Crippen molar-refractivity contribution >= 4 is 30.2 Å². The molecule has 3 heterocycles. The van der Waals surface area contributed by atoms with Gasteiger partial charge in [0, 0.05) is 53.8 Å². The van der Waals surface area contributed by atoms with Gasteiger partial charge in [0.1, 0.15) is 6.67 Å². The smallest absolute Gasteiger partial charge is 0.253 e. The average molecular weight is 470 g/mol. The minimum absolute atomic E-state index is 0.0533. The summed E-state index contributed by atoms with van der Waals surface area (Å²) in [6.45, 7) is 6.46. The van der Waals surface area contributed by atoms with Crippen molar-refractivity contribution in [1.29, 1.82) is 0 Å². The van der Waals surface area contributed by atoms with Crippen LogP contribution in [-0.4, -0.2) is 64.9 Å². The second-order valence-electron chi connectivity index (χ2n) is 7.61. The molecule has 0 radical (unpaired) electrons. The minimum Gasteiger partial charge on any atom is -0.379 e. The number of halogens is 2. The lowest BCUT2D eigenvalue weighted by molar-refractivity contribution is 0.0162. The first-order valence-electron chi connectivity index (χ1n) is 10.7. The van der Waals surface area contributed by atoms with Crippen LogP contribution in [0.4, 0.5) is 4.39 Å². The molecule has 1 amide bonds. The number of rotatable bonds is 7. The molecule has 0 saturated carbocycles. The van der Waals surface area contributed by atoms with Crippen LogP contribution in [0.3, 0.4) is 0 Å². The number of amides is 1. The Morgan fingerprint density at radius 3 is 2.61 bits per heavy atom. The molecule has 0 spiro atoms. The summed E-state index contributed by atoms with van der Waals surface area (Å²) >= 11 is 6.07. The molecule has 3 aromatic rings. The van der Waals surface area contributed by atoms with E-state index in [0.717, 1.165) is 18.7 Å². The highest BCUT2D eigenvalue weighted by Crippen LogP contribution is 2.23. The number of ether oxygens (including phenoxy) is 1. The van der Waals surface area contributed by atoms with E-state index in [0.29, 0.717) is 46.9 Å². The molecule has 7 nitrogen and oxygen atoms in total. The first-order chi connectivity index (χ1) is 16.1. The quantitative estimate of drug-likeness (QED) is 0.572. The lowest BCUT2D eigenvalue weighted by atomic mass is 10.0. The molecule has 172 valence electrons. The summed E-state index contributed by atoms with van der Waals surface area (Å²) in [7, 11) is 0. The summed E-state index contributed by atoms with van der Waals surface area (Å²) in [5.41, 5.74) is 1.37. The number of carbonyl (C=O) groups is 1. The van der Waals surface area contributed by atoms with E-state index < -0.39 is 6.67 Å². The van der Waals surface area contributed by atoms with Crippen LogP contribution in [0.2, 0.25) is 5.02 Å². The summed E-state index contributed by atoms with van der Waals surface area (Å²) < 4.78 is 20.3. The van der Waals surface area contributed by atoms with Crippen molar-refractivity contribution in [3.63, 3.8) is 0 Å². The summed E-state index contributed by atoms with van der Waals surface area (Å²) in [6, 6.07) is 9.26. The zero-order valence-corrected chi connectivity index (χ0v) is 18.8. The first kappa shape index (κ1) is 23.1. The van der Waals surface area contributed by atoms with Gasteiger partial charge in [0.15, 0.2) is 0 Å². The molecular formula is C24H25ClFN5O2. The molecule has 1 fully saturated rings. The second kappa shape index (κ2) is 10.7. The highest BCUT2D eigenvalue weighted by Gasteiger charge is 2.24. The molecule has 1 saturated heterocycles. The van der Waals surface area contributed by atoms with Crippen LogP contribution in [0.5, 0.6) is 0 Å². The van der Waals surface area contributed by atoms with E-state index in [1.807, 2.05) is 24.3 Å². The van der Waals surface area contributed by atoms with Gasteiger partial charge < -0.3 is 10.1 Å². The van der Waals surface area contributed by atoms with E-state index >= 15 is 0 Å². The van der Waals surface area contributed by atoms with Crippen LogP contribution in [-0.2, 0) is 4.74 Å². The summed E-state index contributed by atoms with van der Waals surface area (Å²) in [5.74, 6) is 0.0453. The fraction of sp³-hybridized carbons (Fsp3) is 0.292. The number of hydrogen-bond acceptors (Lipinski definition) is 5. The minimum atomic E-state index is -0.719. The van der Waals surface area contributed by atoms with Gasteiger partial charge in [0.05, 0.1) is 24.8 Å².